The Hall–Kier alpha value is -7.65. The molecule has 1 atom stereocenters. The molecule has 0 bridgehead atoms. The molecule has 0 radical (unpaired) electrons. The zero-order valence-corrected chi connectivity index (χ0v) is 46.8. The average Bonchev–Trinajstić information content (AvgIpc) is 4.26. The SMILES string of the molecule is CC(C)C1C(=O)Nc2ccccc21.CC(C)c1[nH]nc2ccccc12.CC(C)c1c[nH]c2ccccc12.CC(C)c1cn(C)c2ccccc12.CC(C)n1cnc2ccccc21.Cc1[nH]c2ccccc2c1C(C)C. The number of carbonyl (C=O) groups excluding carboxylic acids is 1. The third-order valence-electron chi connectivity index (χ3n) is 13.9. The second-order valence-electron chi connectivity index (χ2n) is 21.5. The van der Waals surface area contributed by atoms with E-state index in [-0.39, 0.29) is 11.8 Å². The molecule has 11 aromatic rings. The third kappa shape index (κ3) is 13.0. The van der Waals surface area contributed by atoms with Crippen LogP contribution in [0.15, 0.2) is 164 Å². The number of carbonyl (C=O) groups is 1. The largest absolute Gasteiger partial charge is 0.361 e. The van der Waals surface area contributed by atoms with Crippen molar-refractivity contribution in [3.8, 4) is 0 Å². The molecule has 5 aromatic heterocycles. The lowest BCUT2D eigenvalue weighted by Crippen LogP contribution is -2.16. The van der Waals surface area contributed by atoms with Gasteiger partial charge in [-0.1, -0.05) is 172 Å². The van der Waals surface area contributed by atoms with Crippen LogP contribution in [-0.2, 0) is 11.8 Å². The number of hydrogen-bond donors (Lipinski definition) is 4. The van der Waals surface area contributed by atoms with Crippen molar-refractivity contribution in [2.24, 2.45) is 13.0 Å². The number of aromatic amines is 3. The molecule has 0 saturated heterocycles. The van der Waals surface area contributed by atoms with Crippen LogP contribution in [0, 0.1) is 12.8 Å². The van der Waals surface area contributed by atoms with Crippen LogP contribution in [0.25, 0.3) is 54.6 Å². The van der Waals surface area contributed by atoms with Gasteiger partial charge in [0.25, 0.3) is 0 Å². The molecule has 0 saturated carbocycles. The standard InChI is InChI=1S/2C12H15N.C11H13NO.C11H13N.2C10H12N2/c1-9(2)11-8-13(3)12-7-5-4-6-10(11)12;1-8(2)12-9(3)13-11-7-5-4-6-10(11)12;1-7(2)10-8-5-3-4-6-9(8)12-11(10)13;1-8(2)10-7-12-11-6-4-3-5-9(10)11;1-8(2)12-7-11-9-5-3-4-6-10(9)12;1-7(2)10-8-5-3-4-6-9(8)11-12-10/h4-9H,1-3H3;4-8,13H,1-3H3;3-7,10H,1-2H3,(H,12,13);3-8,12H,1-2H3;3-8H,1-2H3;3-7H,1-2H3,(H,11,12). The molecule has 1 aliphatic rings. The van der Waals surface area contributed by atoms with Gasteiger partial charge in [-0.15, -0.1) is 0 Å². The Labute approximate surface area is 445 Å². The van der Waals surface area contributed by atoms with Gasteiger partial charge in [0.15, 0.2) is 0 Å². The van der Waals surface area contributed by atoms with Crippen molar-refractivity contribution in [3.05, 3.63) is 198 Å². The number of fused-ring (bicyclic) bond motifs is 6. The van der Waals surface area contributed by atoms with Crippen molar-refractivity contribution < 1.29 is 4.79 Å². The monoisotopic (exact) mass is 1000 g/mol. The summed E-state index contributed by atoms with van der Waals surface area (Å²) in [4.78, 5) is 22.5. The second-order valence-corrected chi connectivity index (χ2v) is 21.5. The smallest absolute Gasteiger partial charge is 0.232 e. The first-order chi connectivity index (χ1) is 36.0. The summed E-state index contributed by atoms with van der Waals surface area (Å²) in [6, 6.07) is 50.2. The molecule has 4 N–H and O–H groups in total. The highest BCUT2D eigenvalue weighted by Crippen LogP contribution is 2.37. The van der Waals surface area contributed by atoms with Crippen molar-refractivity contribution in [1.82, 2.24) is 34.3 Å². The third-order valence-corrected chi connectivity index (χ3v) is 13.9. The van der Waals surface area contributed by atoms with Gasteiger partial charge in [0.2, 0.25) is 5.91 Å². The molecule has 1 aliphatic heterocycles. The van der Waals surface area contributed by atoms with Crippen LogP contribution in [0.2, 0.25) is 0 Å². The predicted octanol–water partition coefficient (Wildman–Crippen LogP) is 17.9. The molecule has 9 nitrogen and oxygen atoms in total. The van der Waals surface area contributed by atoms with E-state index >= 15 is 0 Å². The summed E-state index contributed by atoms with van der Waals surface area (Å²) in [5, 5.41) is 15.5. The molecule has 0 aliphatic carbocycles. The minimum Gasteiger partial charge on any atom is -0.361 e. The van der Waals surface area contributed by atoms with Crippen LogP contribution >= 0.6 is 0 Å². The van der Waals surface area contributed by atoms with E-state index in [0.29, 0.717) is 35.6 Å². The molecule has 75 heavy (non-hydrogen) atoms. The number of para-hydroxylation sites is 7. The van der Waals surface area contributed by atoms with E-state index in [1.165, 1.54) is 71.7 Å². The summed E-state index contributed by atoms with van der Waals surface area (Å²) < 4.78 is 4.38. The van der Waals surface area contributed by atoms with Gasteiger partial charge < -0.3 is 24.4 Å². The highest BCUT2D eigenvalue weighted by molar-refractivity contribution is 6.03. The minimum atomic E-state index is 0.0381. The van der Waals surface area contributed by atoms with Crippen LogP contribution in [0.3, 0.4) is 0 Å². The number of imidazole rings is 1. The van der Waals surface area contributed by atoms with Crippen molar-refractivity contribution in [2.45, 2.75) is 126 Å². The van der Waals surface area contributed by atoms with E-state index in [2.05, 4.69) is 234 Å². The maximum absolute atomic E-state index is 11.6. The quantitative estimate of drug-likeness (QED) is 0.133. The first-order valence-electron chi connectivity index (χ1n) is 26.9. The van der Waals surface area contributed by atoms with Crippen LogP contribution < -0.4 is 5.32 Å². The zero-order chi connectivity index (χ0) is 53.9. The fourth-order valence-corrected chi connectivity index (χ4v) is 10.2. The fraction of sp³-hybridized carbons (Fsp3) is 0.318. The van der Waals surface area contributed by atoms with Crippen molar-refractivity contribution in [2.75, 3.05) is 5.32 Å². The molecule has 12 rings (SSSR count). The second kappa shape index (κ2) is 25.1. The Kier molecular flexibility index (Phi) is 18.4. The summed E-state index contributed by atoms with van der Waals surface area (Å²) in [6.45, 7) is 28.3. The maximum Gasteiger partial charge on any atom is 0.232 e. The molecule has 1 unspecified atom stereocenters. The molecule has 6 heterocycles. The summed E-state index contributed by atoms with van der Waals surface area (Å²) in [5.74, 6) is 2.84. The Morgan fingerprint density at radius 1 is 0.547 bits per heavy atom. The van der Waals surface area contributed by atoms with E-state index in [4.69, 9.17) is 0 Å². The number of hydrogen-bond acceptors (Lipinski definition) is 3. The van der Waals surface area contributed by atoms with Crippen molar-refractivity contribution >= 4 is 66.2 Å². The molecular formula is C66H80N8O. The van der Waals surface area contributed by atoms with Crippen molar-refractivity contribution in [3.63, 3.8) is 0 Å². The zero-order valence-electron chi connectivity index (χ0n) is 46.8. The minimum absolute atomic E-state index is 0.0381. The molecular weight excluding hydrogens is 921 g/mol. The number of nitrogens with one attached hydrogen (secondary N) is 4. The van der Waals surface area contributed by atoms with Gasteiger partial charge in [0.05, 0.1) is 28.8 Å². The van der Waals surface area contributed by atoms with E-state index in [0.717, 1.165) is 22.3 Å². The summed E-state index contributed by atoms with van der Waals surface area (Å²) in [7, 11) is 2.11. The van der Waals surface area contributed by atoms with Gasteiger partial charge >= 0.3 is 0 Å². The van der Waals surface area contributed by atoms with E-state index < -0.39 is 0 Å². The summed E-state index contributed by atoms with van der Waals surface area (Å²) >= 11 is 0. The lowest BCUT2D eigenvalue weighted by atomic mass is 9.90. The van der Waals surface area contributed by atoms with Gasteiger partial charge in [0.1, 0.15) is 0 Å². The van der Waals surface area contributed by atoms with Crippen molar-refractivity contribution in [1.29, 1.82) is 0 Å². The first-order valence-corrected chi connectivity index (χ1v) is 26.9. The lowest BCUT2D eigenvalue weighted by molar-refractivity contribution is -0.117. The first kappa shape index (κ1) is 55.1. The number of aromatic nitrogens is 7. The number of anilines is 1. The van der Waals surface area contributed by atoms with Gasteiger partial charge in [0, 0.05) is 80.7 Å². The molecule has 0 fully saturated rings. The Morgan fingerprint density at radius 3 is 1.75 bits per heavy atom. The van der Waals surface area contributed by atoms with E-state index in [1.807, 2.05) is 67.0 Å². The number of benzene rings is 6. The molecule has 0 spiro atoms. The Bertz CT molecular complexity index is 3380. The van der Waals surface area contributed by atoms with E-state index in [9.17, 15) is 4.79 Å². The normalized spacial score (nSPS) is 12.9. The summed E-state index contributed by atoms with van der Waals surface area (Å²) in [5.41, 5.74) is 16.1. The predicted molar refractivity (Wildman–Crippen MR) is 319 cm³/mol. The number of H-pyrrole nitrogens is 3. The van der Waals surface area contributed by atoms with Crippen LogP contribution in [0.4, 0.5) is 5.69 Å². The van der Waals surface area contributed by atoms with Gasteiger partial charge in [-0.2, -0.15) is 5.10 Å². The van der Waals surface area contributed by atoms with E-state index in [1.54, 1.807) is 0 Å². The van der Waals surface area contributed by atoms with Crippen LogP contribution in [-0.4, -0.2) is 40.2 Å². The lowest BCUT2D eigenvalue weighted by Gasteiger charge is -2.11. The fourth-order valence-electron chi connectivity index (χ4n) is 10.2. The number of rotatable bonds is 6. The maximum atomic E-state index is 11.6. The number of amides is 1. The number of aryl methyl sites for hydroxylation is 2. The highest BCUT2D eigenvalue weighted by atomic mass is 16.2. The van der Waals surface area contributed by atoms with Gasteiger partial charge in [-0.05, 0) is 115 Å². The van der Waals surface area contributed by atoms with Crippen LogP contribution in [0.5, 0.6) is 0 Å². The molecule has 390 valence electrons. The van der Waals surface area contributed by atoms with Gasteiger partial charge in [-0.25, -0.2) is 4.98 Å². The molecule has 9 heteroatoms. The van der Waals surface area contributed by atoms with Gasteiger partial charge in [-0.3, -0.25) is 9.89 Å². The highest BCUT2D eigenvalue weighted by Gasteiger charge is 2.32. The van der Waals surface area contributed by atoms with Crippen LogP contribution in [0.1, 0.15) is 152 Å². The molecule has 6 aromatic carbocycles. The topological polar surface area (TPSA) is 112 Å². The average molecular weight is 1000 g/mol. The Morgan fingerprint density at radius 2 is 1.11 bits per heavy atom. The Balaban J connectivity index is 0.000000131. The number of nitrogens with zero attached hydrogens (tertiary/aromatic N) is 4. The summed E-state index contributed by atoms with van der Waals surface area (Å²) in [6.07, 6.45) is 6.24. The molecule has 1 amide bonds.